The topological polar surface area (TPSA) is 69.2 Å². The highest BCUT2D eigenvalue weighted by Crippen LogP contribution is 2.39. The molecule has 0 spiro atoms. The first-order valence-corrected chi connectivity index (χ1v) is 3.92. The number of alkyl halides is 3. The van der Waals surface area contributed by atoms with Gasteiger partial charge in [-0.1, -0.05) is 11.6 Å². The molecule has 1 aromatic carbocycles. The third-order valence-corrected chi connectivity index (χ3v) is 1.94. The van der Waals surface area contributed by atoms with E-state index in [0.717, 1.165) is 0 Å². The summed E-state index contributed by atoms with van der Waals surface area (Å²) in [6.07, 6.45) is -4.83. The average Bonchev–Trinajstić information content (AvgIpc) is 2.06. The molecule has 82 valence electrons. The lowest BCUT2D eigenvalue weighted by atomic mass is 10.1. The molecule has 0 aliphatic carbocycles. The second kappa shape index (κ2) is 3.58. The third-order valence-electron chi connectivity index (χ3n) is 1.62. The number of nitro benzene ring substituents is 1. The first-order valence-electron chi connectivity index (χ1n) is 3.54. The summed E-state index contributed by atoms with van der Waals surface area (Å²) in [6.45, 7) is 0. The summed E-state index contributed by atoms with van der Waals surface area (Å²) in [6, 6.07) is 1.03. The Labute approximate surface area is 86.6 Å². The fraction of sp³-hybridized carbons (Fsp3) is 0.143. The quantitative estimate of drug-likeness (QED) is 0.466. The lowest BCUT2D eigenvalue weighted by molar-refractivity contribution is -0.388. The third kappa shape index (κ3) is 2.30. The van der Waals surface area contributed by atoms with Crippen molar-refractivity contribution in [1.82, 2.24) is 0 Å². The molecule has 1 rings (SSSR count). The van der Waals surface area contributed by atoms with Crippen molar-refractivity contribution in [3.05, 3.63) is 32.8 Å². The number of benzene rings is 1. The summed E-state index contributed by atoms with van der Waals surface area (Å²) in [7, 11) is 0. The van der Waals surface area contributed by atoms with E-state index in [9.17, 15) is 23.3 Å². The van der Waals surface area contributed by atoms with E-state index in [4.69, 9.17) is 17.3 Å². The summed E-state index contributed by atoms with van der Waals surface area (Å²) in [5, 5.41) is 10.1. The molecule has 0 fully saturated rings. The standard InChI is InChI=1S/C7H4ClF3N2O2/c8-4-2-6(13(14)15)3(1-5(4)12)7(9,10)11/h1-2H,12H2. The van der Waals surface area contributed by atoms with Gasteiger partial charge in [-0.15, -0.1) is 0 Å². The van der Waals surface area contributed by atoms with Crippen molar-refractivity contribution >= 4 is 23.0 Å². The number of halogens is 4. The van der Waals surface area contributed by atoms with Gasteiger partial charge in [-0.3, -0.25) is 10.1 Å². The van der Waals surface area contributed by atoms with Gasteiger partial charge in [-0.25, -0.2) is 0 Å². The molecule has 0 aromatic heterocycles. The Morgan fingerprint density at radius 3 is 2.33 bits per heavy atom. The van der Waals surface area contributed by atoms with Crippen LogP contribution < -0.4 is 5.73 Å². The van der Waals surface area contributed by atoms with Crippen LogP contribution in [0.15, 0.2) is 12.1 Å². The number of nitro groups is 1. The highest BCUT2D eigenvalue weighted by molar-refractivity contribution is 6.33. The van der Waals surface area contributed by atoms with Crippen molar-refractivity contribution < 1.29 is 18.1 Å². The van der Waals surface area contributed by atoms with E-state index >= 15 is 0 Å². The van der Waals surface area contributed by atoms with Crippen LogP contribution in [0.1, 0.15) is 5.56 Å². The summed E-state index contributed by atoms with van der Waals surface area (Å²) < 4.78 is 37.0. The van der Waals surface area contributed by atoms with Gasteiger partial charge in [0.2, 0.25) is 0 Å². The van der Waals surface area contributed by atoms with Gasteiger partial charge >= 0.3 is 6.18 Å². The number of nitrogens with zero attached hydrogens (tertiary/aromatic N) is 1. The number of nitrogen functional groups attached to an aromatic ring is 1. The Kier molecular flexibility index (Phi) is 2.76. The Hall–Kier alpha value is -1.50. The fourth-order valence-electron chi connectivity index (χ4n) is 0.958. The lowest BCUT2D eigenvalue weighted by Crippen LogP contribution is -2.09. The molecule has 0 atom stereocenters. The van der Waals surface area contributed by atoms with Gasteiger partial charge in [0.1, 0.15) is 5.56 Å². The minimum atomic E-state index is -4.83. The zero-order valence-corrected chi connectivity index (χ0v) is 7.76. The average molecular weight is 241 g/mol. The highest BCUT2D eigenvalue weighted by Gasteiger charge is 2.38. The maximum absolute atomic E-state index is 12.3. The van der Waals surface area contributed by atoms with Crippen molar-refractivity contribution in [2.75, 3.05) is 5.73 Å². The Bertz CT molecular complexity index is 419. The Morgan fingerprint density at radius 1 is 1.40 bits per heavy atom. The molecule has 0 amide bonds. The van der Waals surface area contributed by atoms with Crippen LogP contribution in [-0.4, -0.2) is 4.92 Å². The second-order valence-electron chi connectivity index (χ2n) is 2.65. The molecule has 0 saturated carbocycles. The summed E-state index contributed by atoms with van der Waals surface area (Å²) in [5.74, 6) is 0. The monoisotopic (exact) mass is 240 g/mol. The minimum absolute atomic E-state index is 0.283. The van der Waals surface area contributed by atoms with E-state index in [1.165, 1.54) is 0 Å². The number of hydrogen-bond donors (Lipinski definition) is 1. The van der Waals surface area contributed by atoms with E-state index in [-0.39, 0.29) is 10.7 Å². The fourth-order valence-corrected chi connectivity index (χ4v) is 1.12. The highest BCUT2D eigenvalue weighted by atomic mass is 35.5. The first kappa shape index (κ1) is 11.6. The van der Waals surface area contributed by atoms with Crippen LogP contribution in [0.3, 0.4) is 0 Å². The number of hydrogen-bond acceptors (Lipinski definition) is 3. The lowest BCUT2D eigenvalue weighted by Gasteiger charge is -2.08. The predicted octanol–water partition coefficient (Wildman–Crippen LogP) is 2.85. The molecule has 2 N–H and O–H groups in total. The summed E-state index contributed by atoms with van der Waals surface area (Å²) in [4.78, 5) is 9.18. The van der Waals surface area contributed by atoms with Crippen LogP contribution >= 0.6 is 11.6 Å². The van der Waals surface area contributed by atoms with Crippen molar-refractivity contribution in [3.8, 4) is 0 Å². The summed E-state index contributed by atoms with van der Waals surface area (Å²) in [5.41, 5.74) is 2.26. The molecule has 8 heteroatoms. The number of anilines is 1. The molecular weight excluding hydrogens is 237 g/mol. The van der Waals surface area contributed by atoms with Crippen LogP contribution in [0.25, 0.3) is 0 Å². The summed E-state index contributed by atoms with van der Waals surface area (Å²) >= 11 is 5.38. The van der Waals surface area contributed by atoms with Crippen LogP contribution in [0.2, 0.25) is 5.02 Å². The maximum atomic E-state index is 12.3. The van der Waals surface area contributed by atoms with Crippen molar-refractivity contribution in [2.45, 2.75) is 6.18 Å². The zero-order valence-electron chi connectivity index (χ0n) is 7.01. The SMILES string of the molecule is Nc1cc(C(F)(F)F)c([N+](=O)[O-])cc1Cl. The molecule has 0 aliphatic rings. The smallest absolute Gasteiger partial charge is 0.398 e. The second-order valence-corrected chi connectivity index (χ2v) is 3.05. The van der Waals surface area contributed by atoms with Crippen LogP contribution in [-0.2, 0) is 6.18 Å². The van der Waals surface area contributed by atoms with Crippen LogP contribution in [0.5, 0.6) is 0 Å². The van der Waals surface area contributed by atoms with Crippen molar-refractivity contribution in [1.29, 1.82) is 0 Å². The minimum Gasteiger partial charge on any atom is -0.398 e. The largest absolute Gasteiger partial charge is 0.423 e. The van der Waals surface area contributed by atoms with E-state index in [2.05, 4.69) is 0 Å². The molecule has 0 unspecified atom stereocenters. The number of rotatable bonds is 1. The molecule has 0 bridgehead atoms. The van der Waals surface area contributed by atoms with Crippen LogP contribution in [0, 0.1) is 10.1 Å². The van der Waals surface area contributed by atoms with Gasteiger partial charge in [-0.2, -0.15) is 13.2 Å². The molecule has 0 aliphatic heterocycles. The molecule has 1 aromatic rings. The van der Waals surface area contributed by atoms with E-state index < -0.39 is 22.4 Å². The van der Waals surface area contributed by atoms with Crippen molar-refractivity contribution in [3.63, 3.8) is 0 Å². The van der Waals surface area contributed by atoms with Gasteiger partial charge < -0.3 is 5.73 Å². The van der Waals surface area contributed by atoms with E-state index in [0.29, 0.717) is 12.1 Å². The van der Waals surface area contributed by atoms with Gasteiger partial charge in [-0.05, 0) is 6.07 Å². The molecule has 15 heavy (non-hydrogen) atoms. The van der Waals surface area contributed by atoms with E-state index in [1.807, 2.05) is 0 Å². The van der Waals surface area contributed by atoms with E-state index in [1.54, 1.807) is 0 Å². The van der Waals surface area contributed by atoms with Gasteiger partial charge in [0, 0.05) is 6.07 Å². The van der Waals surface area contributed by atoms with Gasteiger partial charge in [0.15, 0.2) is 0 Å². The maximum Gasteiger partial charge on any atom is 0.423 e. The molecule has 0 saturated heterocycles. The van der Waals surface area contributed by atoms with Crippen molar-refractivity contribution in [2.24, 2.45) is 0 Å². The molecule has 0 radical (unpaired) electrons. The molecule has 4 nitrogen and oxygen atoms in total. The number of nitrogens with two attached hydrogens (primary N) is 1. The Balaban J connectivity index is 3.49. The predicted molar refractivity (Wildman–Crippen MR) is 47.5 cm³/mol. The van der Waals surface area contributed by atoms with Gasteiger partial charge in [0.05, 0.1) is 15.6 Å². The molecular formula is C7H4ClF3N2O2. The zero-order chi connectivity index (χ0) is 11.8. The van der Waals surface area contributed by atoms with Gasteiger partial charge in [0.25, 0.3) is 5.69 Å². The first-order chi connectivity index (χ1) is 6.73. The molecule has 0 heterocycles. The normalized spacial score (nSPS) is 11.5. The Morgan fingerprint density at radius 2 is 1.93 bits per heavy atom. The van der Waals surface area contributed by atoms with Crippen LogP contribution in [0.4, 0.5) is 24.5 Å².